The van der Waals surface area contributed by atoms with Gasteiger partial charge in [-0.2, -0.15) is 0 Å². The summed E-state index contributed by atoms with van der Waals surface area (Å²) in [5.74, 6) is -0.560. The molecule has 0 aliphatic heterocycles. The van der Waals surface area contributed by atoms with Crippen molar-refractivity contribution in [1.82, 2.24) is 5.32 Å². The third-order valence-corrected chi connectivity index (χ3v) is 3.49. The number of amides is 3. The van der Waals surface area contributed by atoms with E-state index in [0.717, 1.165) is 0 Å². The van der Waals surface area contributed by atoms with Crippen molar-refractivity contribution in [3.63, 3.8) is 0 Å². The molecule has 0 heterocycles. The second kappa shape index (κ2) is 10.5. The zero-order valence-electron chi connectivity index (χ0n) is 16.1. The van der Waals surface area contributed by atoms with Gasteiger partial charge in [0.05, 0.1) is 18.8 Å². The molecule has 0 aliphatic carbocycles. The number of imide groups is 1. The van der Waals surface area contributed by atoms with Gasteiger partial charge in [-0.3, -0.25) is 10.1 Å². The number of nitrogens with one attached hydrogen (secondary N) is 2. The molecule has 0 radical (unpaired) electrons. The van der Waals surface area contributed by atoms with Crippen molar-refractivity contribution in [2.75, 3.05) is 25.1 Å². The summed E-state index contributed by atoms with van der Waals surface area (Å²) in [7, 11) is 0. The number of benzene rings is 2. The van der Waals surface area contributed by atoms with Crippen LogP contribution in [0.2, 0.25) is 0 Å². The van der Waals surface area contributed by atoms with Crippen LogP contribution in [0.5, 0.6) is 17.2 Å². The van der Waals surface area contributed by atoms with E-state index < -0.39 is 24.5 Å². The second-order valence-electron chi connectivity index (χ2n) is 5.65. The highest BCUT2D eigenvalue weighted by Gasteiger charge is 2.14. The molecule has 0 aromatic heterocycles. The fourth-order valence-electron chi connectivity index (χ4n) is 2.27. The molecule has 2 rings (SSSR count). The molecule has 3 amide bonds. The molecule has 154 valence electrons. The van der Waals surface area contributed by atoms with Crippen LogP contribution in [0.25, 0.3) is 0 Å². The number of urea groups is 1. The largest absolute Gasteiger partial charge is 0.508 e. The molecule has 0 saturated heterocycles. The maximum absolute atomic E-state index is 12.0. The third kappa shape index (κ3) is 6.73. The van der Waals surface area contributed by atoms with Crippen molar-refractivity contribution in [3.05, 3.63) is 48.0 Å². The van der Waals surface area contributed by atoms with Gasteiger partial charge >= 0.3 is 12.0 Å². The molecule has 29 heavy (non-hydrogen) atoms. The SMILES string of the molecule is CCOc1ccc(NC(=O)NC(=O)COC(=O)c2ccc(O)cc2)cc1OCC. The lowest BCUT2D eigenvalue weighted by Gasteiger charge is -2.13. The molecule has 9 nitrogen and oxygen atoms in total. The van der Waals surface area contributed by atoms with Gasteiger partial charge in [-0.15, -0.1) is 0 Å². The van der Waals surface area contributed by atoms with Gasteiger partial charge in [0, 0.05) is 11.8 Å². The Bertz CT molecular complexity index is 866. The molecule has 0 unspecified atom stereocenters. The highest BCUT2D eigenvalue weighted by molar-refractivity contribution is 6.02. The van der Waals surface area contributed by atoms with Crippen molar-refractivity contribution < 1.29 is 33.7 Å². The van der Waals surface area contributed by atoms with E-state index in [-0.39, 0.29) is 11.3 Å². The van der Waals surface area contributed by atoms with Gasteiger partial charge in [-0.1, -0.05) is 0 Å². The quantitative estimate of drug-likeness (QED) is 0.580. The predicted molar refractivity (Wildman–Crippen MR) is 104 cm³/mol. The third-order valence-electron chi connectivity index (χ3n) is 3.49. The summed E-state index contributed by atoms with van der Waals surface area (Å²) >= 11 is 0. The summed E-state index contributed by atoms with van der Waals surface area (Å²) in [6, 6.07) is 9.36. The fourth-order valence-corrected chi connectivity index (χ4v) is 2.27. The lowest BCUT2D eigenvalue weighted by atomic mass is 10.2. The molecule has 2 aromatic carbocycles. The van der Waals surface area contributed by atoms with Crippen LogP contribution in [0.3, 0.4) is 0 Å². The molecular formula is C20H22N2O7. The Morgan fingerprint density at radius 3 is 2.24 bits per heavy atom. The van der Waals surface area contributed by atoms with E-state index in [1.165, 1.54) is 24.3 Å². The summed E-state index contributed by atoms with van der Waals surface area (Å²) in [6.45, 7) is 3.90. The van der Waals surface area contributed by atoms with E-state index in [2.05, 4.69) is 10.6 Å². The molecule has 9 heteroatoms. The molecule has 0 saturated carbocycles. The summed E-state index contributed by atoms with van der Waals surface area (Å²) in [5.41, 5.74) is 0.557. The average molecular weight is 402 g/mol. The number of hydrogen-bond donors (Lipinski definition) is 3. The zero-order valence-corrected chi connectivity index (χ0v) is 16.1. The Kier molecular flexibility index (Phi) is 7.84. The second-order valence-corrected chi connectivity index (χ2v) is 5.65. The van der Waals surface area contributed by atoms with Gasteiger partial charge in [0.15, 0.2) is 18.1 Å². The number of carbonyl (C=O) groups is 3. The van der Waals surface area contributed by atoms with Crippen molar-refractivity contribution >= 4 is 23.6 Å². The number of hydrogen-bond acceptors (Lipinski definition) is 7. The van der Waals surface area contributed by atoms with Gasteiger partial charge in [0.2, 0.25) is 0 Å². The van der Waals surface area contributed by atoms with Crippen LogP contribution in [-0.2, 0) is 9.53 Å². The van der Waals surface area contributed by atoms with E-state index in [1.807, 2.05) is 13.8 Å². The number of ether oxygens (including phenoxy) is 3. The minimum Gasteiger partial charge on any atom is -0.508 e. The van der Waals surface area contributed by atoms with E-state index in [0.29, 0.717) is 30.4 Å². The van der Waals surface area contributed by atoms with Gasteiger partial charge in [-0.25, -0.2) is 9.59 Å². The summed E-state index contributed by atoms with van der Waals surface area (Å²) in [5, 5.41) is 13.7. The predicted octanol–water partition coefficient (Wildman–Crippen LogP) is 2.69. The Hall–Kier alpha value is -3.75. The lowest BCUT2D eigenvalue weighted by Crippen LogP contribution is -2.37. The van der Waals surface area contributed by atoms with Gasteiger partial charge in [0.1, 0.15) is 5.75 Å². The van der Waals surface area contributed by atoms with E-state index in [1.54, 1.807) is 18.2 Å². The summed E-state index contributed by atoms with van der Waals surface area (Å²) in [4.78, 5) is 35.6. The van der Waals surface area contributed by atoms with Crippen molar-refractivity contribution in [1.29, 1.82) is 0 Å². The van der Waals surface area contributed by atoms with Gasteiger partial charge in [0.25, 0.3) is 5.91 Å². The fraction of sp³-hybridized carbons (Fsp3) is 0.250. The van der Waals surface area contributed by atoms with Crippen LogP contribution in [0.4, 0.5) is 10.5 Å². The van der Waals surface area contributed by atoms with Gasteiger partial charge in [-0.05, 0) is 50.2 Å². The van der Waals surface area contributed by atoms with Gasteiger partial charge < -0.3 is 24.6 Å². The Labute approximate surface area is 167 Å². The lowest BCUT2D eigenvalue weighted by molar-refractivity contribution is -0.123. The molecule has 0 aliphatic rings. The molecule has 0 fully saturated rings. The number of phenolic OH excluding ortho intramolecular Hbond substituents is 1. The maximum atomic E-state index is 12.0. The summed E-state index contributed by atoms with van der Waals surface area (Å²) < 4.78 is 15.7. The first-order valence-corrected chi connectivity index (χ1v) is 8.89. The molecule has 0 bridgehead atoms. The summed E-state index contributed by atoms with van der Waals surface area (Å²) in [6.07, 6.45) is 0. The standard InChI is InChI=1S/C20H22N2O7/c1-3-27-16-10-7-14(11-17(16)28-4-2)21-20(26)22-18(24)12-29-19(25)13-5-8-15(23)9-6-13/h5-11,23H,3-4,12H2,1-2H3,(H2,21,22,24,26). The molecule has 0 spiro atoms. The van der Waals surface area contributed by atoms with E-state index in [4.69, 9.17) is 14.2 Å². The monoisotopic (exact) mass is 402 g/mol. The smallest absolute Gasteiger partial charge is 0.338 e. The number of esters is 1. The van der Waals surface area contributed by atoms with Crippen molar-refractivity contribution in [3.8, 4) is 17.2 Å². The van der Waals surface area contributed by atoms with Crippen molar-refractivity contribution in [2.24, 2.45) is 0 Å². The highest BCUT2D eigenvalue weighted by atomic mass is 16.5. The normalized spacial score (nSPS) is 10.0. The highest BCUT2D eigenvalue weighted by Crippen LogP contribution is 2.30. The van der Waals surface area contributed by atoms with E-state index >= 15 is 0 Å². The first kappa shape index (κ1) is 21.5. The van der Waals surface area contributed by atoms with Crippen LogP contribution in [0, 0.1) is 0 Å². The van der Waals surface area contributed by atoms with E-state index in [9.17, 15) is 19.5 Å². The number of rotatable bonds is 8. The minimum atomic E-state index is -0.800. The van der Waals surface area contributed by atoms with Crippen LogP contribution in [0.1, 0.15) is 24.2 Å². The number of phenols is 1. The molecule has 3 N–H and O–H groups in total. The Morgan fingerprint density at radius 1 is 0.931 bits per heavy atom. The Morgan fingerprint density at radius 2 is 1.59 bits per heavy atom. The van der Waals surface area contributed by atoms with Crippen LogP contribution >= 0.6 is 0 Å². The maximum Gasteiger partial charge on any atom is 0.338 e. The molecular weight excluding hydrogens is 380 g/mol. The minimum absolute atomic E-state index is 0.00209. The number of carbonyl (C=O) groups excluding carboxylic acids is 3. The van der Waals surface area contributed by atoms with Crippen LogP contribution in [0.15, 0.2) is 42.5 Å². The molecule has 2 aromatic rings. The Balaban J connectivity index is 1.86. The first-order chi connectivity index (χ1) is 13.9. The van der Waals surface area contributed by atoms with Crippen LogP contribution < -0.4 is 20.1 Å². The average Bonchev–Trinajstić information content (AvgIpc) is 2.69. The zero-order chi connectivity index (χ0) is 21.2. The number of anilines is 1. The number of aromatic hydroxyl groups is 1. The first-order valence-electron chi connectivity index (χ1n) is 8.89. The molecule has 0 atom stereocenters. The topological polar surface area (TPSA) is 123 Å². The van der Waals surface area contributed by atoms with Crippen molar-refractivity contribution in [2.45, 2.75) is 13.8 Å². The van der Waals surface area contributed by atoms with Crippen LogP contribution in [-0.4, -0.2) is 42.8 Å².